The minimum absolute atomic E-state index is 0.00835. The molecule has 0 bridgehead atoms. The second kappa shape index (κ2) is 6.71. The number of nitrogens with two attached hydrogens (primary N) is 1. The van der Waals surface area contributed by atoms with Gasteiger partial charge >= 0.3 is 0 Å². The minimum atomic E-state index is -4.01. The molecule has 1 aromatic heterocycles. The minimum Gasteiger partial charge on any atom is -0.335 e. The molecule has 0 aliphatic carbocycles. The van der Waals surface area contributed by atoms with Gasteiger partial charge in [0.25, 0.3) is 0 Å². The number of carbonyl (C=O) groups is 1. The van der Waals surface area contributed by atoms with Gasteiger partial charge in [0.1, 0.15) is 8.42 Å². The standard InChI is InChI=1S/C13H21N3O5S3/c1-4-16(11(17)7-15-3)10-5-8(2)23(18,19)13-9(10)6-12(22-13)24(14,20)21/h6,8,10,15H,4-5,7H2,1-3H3,(H2,14,20,21)/t8-,10-/m0/s1. The number of sulfone groups is 1. The molecule has 1 aliphatic heterocycles. The topological polar surface area (TPSA) is 127 Å². The molecule has 8 nitrogen and oxygen atoms in total. The number of nitrogens with zero attached hydrogens (tertiary/aromatic N) is 1. The molecule has 1 aromatic rings. The Morgan fingerprint density at radius 3 is 2.62 bits per heavy atom. The number of hydrogen-bond donors (Lipinski definition) is 2. The molecular formula is C13H21N3O5S3. The summed E-state index contributed by atoms with van der Waals surface area (Å²) in [6.07, 6.45) is 0.222. The van der Waals surface area contributed by atoms with Gasteiger partial charge in [-0.15, -0.1) is 11.3 Å². The van der Waals surface area contributed by atoms with E-state index in [2.05, 4.69) is 5.32 Å². The van der Waals surface area contributed by atoms with E-state index >= 15 is 0 Å². The Hall–Kier alpha value is -1.01. The fraction of sp³-hybridized carbons (Fsp3) is 0.615. The van der Waals surface area contributed by atoms with Gasteiger partial charge in [0.15, 0.2) is 9.84 Å². The molecule has 1 aliphatic rings. The molecule has 0 unspecified atom stereocenters. The zero-order valence-corrected chi connectivity index (χ0v) is 16.1. The highest BCUT2D eigenvalue weighted by Gasteiger charge is 2.42. The molecule has 0 saturated heterocycles. The summed E-state index contributed by atoms with van der Waals surface area (Å²) in [6.45, 7) is 3.87. The lowest BCUT2D eigenvalue weighted by Crippen LogP contribution is -2.43. The highest BCUT2D eigenvalue weighted by Crippen LogP contribution is 2.44. The van der Waals surface area contributed by atoms with Crippen LogP contribution in [0.25, 0.3) is 0 Å². The third kappa shape index (κ3) is 3.36. The molecule has 24 heavy (non-hydrogen) atoms. The summed E-state index contributed by atoms with van der Waals surface area (Å²) in [5, 5.41) is 7.22. The summed E-state index contributed by atoms with van der Waals surface area (Å²) in [5.41, 5.74) is 0.341. The highest BCUT2D eigenvalue weighted by molar-refractivity contribution is 7.95. The van der Waals surface area contributed by atoms with Crippen molar-refractivity contribution in [3.8, 4) is 0 Å². The summed E-state index contributed by atoms with van der Waals surface area (Å²) in [7, 11) is -5.99. The molecule has 1 amide bonds. The van der Waals surface area contributed by atoms with E-state index in [4.69, 9.17) is 5.14 Å². The van der Waals surface area contributed by atoms with Crippen molar-refractivity contribution in [2.24, 2.45) is 5.14 Å². The summed E-state index contributed by atoms with van der Waals surface area (Å²) < 4.78 is 48.2. The fourth-order valence-corrected chi connectivity index (χ4v) is 7.23. The van der Waals surface area contributed by atoms with Gasteiger partial charge in [0.2, 0.25) is 15.9 Å². The van der Waals surface area contributed by atoms with E-state index in [1.54, 1.807) is 25.8 Å². The third-order valence-electron chi connectivity index (χ3n) is 4.05. The van der Waals surface area contributed by atoms with Crippen LogP contribution in [-0.2, 0) is 24.7 Å². The van der Waals surface area contributed by atoms with Gasteiger partial charge in [-0.25, -0.2) is 22.0 Å². The number of primary sulfonamides is 1. The van der Waals surface area contributed by atoms with Crippen molar-refractivity contribution < 1.29 is 21.6 Å². The van der Waals surface area contributed by atoms with Gasteiger partial charge in [0.05, 0.1) is 17.8 Å². The largest absolute Gasteiger partial charge is 0.335 e. The molecular weight excluding hydrogens is 374 g/mol. The first-order chi connectivity index (χ1) is 11.0. The smallest absolute Gasteiger partial charge is 0.247 e. The Bertz CT molecular complexity index is 844. The van der Waals surface area contributed by atoms with Gasteiger partial charge in [-0.3, -0.25) is 4.79 Å². The summed E-state index contributed by atoms with van der Waals surface area (Å²) in [4.78, 5) is 13.9. The summed E-state index contributed by atoms with van der Waals surface area (Å²) in [6, 6.07) is 0.801. The quantitative estimate of drug-likeness (QED) is 0.726. The Kier molecular flexibility index (Phi) is 5.40. The average molecular weight is 396 g/mol. The SMILES string of the molecule is CCN(C(=O)CNC)[C@H]1C[C@H](C)S(=O)(=O)c2sc(S(N)(=O)=O)cc21. The number of amides is 1. The number of fused-ring (bicyclic) bond motifs is 1. The monoisotopic (exact) mass is 395 g/mol. The Morgan fingerprint density at radius 1 is 1.50 bits per heavy atom. The first-order valence-corrected chi connectivity index (χ1v) is 11.3. The first-order valence-electron chi connectivity index (χ1n) is 7.38. The Balaban J connectivity index is 2.61. The molecule has 0 fully saturated rings. The van der Waals surface area contributed by atoms with Crippen LogP contribution in [0, 0.1) is 0 Å². The number of hydrogen-bond acceptors (Lipinski definition) is 7. The maximum absolute atomic E-state index is 12.6. The lowest BCUT2D eigenvalue weighted by Gasteiger charge is -2.36. The van der Waals surface area contributed by atoms with E-state index in [0.29, 0.717) is 23.4 Å². The normalized spacial score (nSPS) is 22.8. The van der Waals surface area contributed by atoms with Crippen LogP contribution in [0.15, 0.2) is 14.5 Å². The maximum Gasteiger partial charge on any atom is 0.247 e. The second-order valence-electron chi connectivity index (χ2n) is 5.67. The van der Waals surface area contributed by atoms with E-state index < -0.39 is 31.2 Å². The number of thiophene rings is 1. The van der Waals surface area contributed by atoms with Gasteiger partial charge in [0, 0.05) is 12.1 Å². The molecule has 2 rings (SSSR count). The second-order valence-corrected chi connectivity index (χ2v) is 11.1. The fourth-order valence-electron chi connectivity index (χ4n) is 2.83. The summed E-state index contributed by atoms with van der Waals surface area (Å²) >= 11 is 0.655. The van der Waals surface area contributed by atoms with E-state index in [0.717, 1.165) is 0 Å². The molecule has 0 radical (unpaired) electrons. The number of rotatable bonds is 5. The van der Waals surface area contributed by atoms with Crippen LogP contribution in [-0.4, -0.2) is 53.0 Å². The number of carbonyl (C=O) groups excluding carboxylic acids is 1. The molecule has 3 N–H and O–H groups in total. The van der Waals surface area contributed by atoms with Crippen LogP contribution in [0.5, 0.6) is 0 Å². The van der Waals surface area contributed by atoms with Gasteiger partial charge < -0.3 is 10.2 Å². The van der Waals surface area contributed by atoms with Crippen LogP contribution in [0.4, 0.5) is 0 Å². The van der Waals surface area contributed by atoms with Crippen molar-refractivity contribution in [2.45, 2.75) is 40.0 Å². The number of likely N-dealkylation sites (N-methyl/N-ethyl adjacent to an activating group) is 2. The van der Waals surface area contributed by atoms with Gasteiger partial charge in [-0.05, 0) is 33.4 Å². The molecule has 0 saturated carbocycles. The van der Waals surface area contributed by atoms with Crippen molar-refractivity contribution in [2.75, 3.05) is 20.1 Å². The number of nitrogens with one attached hydrogen (secondary N) is 1. The zero-order valence-electron chi connectivity index (χ0n) is 13.6. The van der Waals surface area contributed by atoms with Crippen LogP contribution in [0.1, 0.15) is 31.9 Å². The van der Waals surface area contributed by atoms with Crippen molar-refractivity contribution >= 4 is 37.1 Å². The van der Waals surface area contributed by atoms with E-state index in [-0.39, 0.29) is 27.3 Å². The molecule has 2 heterocycles. The van der Waals surface area contributed by atoms with Crippen molar-refractivity contribution in [1.29, 1.82) is 0 Å². The molecule has 0 aromatic carbocycles. The first kappa shape index (κ1) is 19.3. The Labute approximate surface area is 146 Å². The van der Waals surface area contributed by atoms with Crippen LogP contribution < -0.4 is 10.5 Å². The van der Waals surface area contributed by atoms with Gasteiger partial charge in [-0.2, -0.15) is 0 Å². The van der Waals surface area contributed by atoms with E-state index in [1.165, 1.54) is 6.07 Å². The van der Waals surface area contributed by atoms with Crippen LogP contribution >= 0.6 is 11.3 Å². The van der Waals surface area contributed by atoms with Gasteiger partial charge in [-0.1, -0.05) is 0 Å². The molecule has 2 atom stereocenters. The van der Waals surface area contributed by atoms with Crippen LogP contribution in [0.2, 0.25) is 0 Å². The molecule has 11 heteroatoms. The van der Waals surface area contributed by atoms with Crippen molar-refractivity contribution in [3.63, 3.8) is 0 Å². The molecule has 0 spiro atoms. The highest BCUT2D eigenvalue weighted by atomic mass is 32.3. The van der Waals surface area contributed by atoms with Crippen molar-refractivity contribution in [1.82, 2.24) is 10.2 Å². The number of sulfonamides is 1. The third-order valence-corrected chi connectivity index (χ3v) is 9.37. The lowest BCUT2D eigenvalue weighted by molar-refractivity contribution is -0.132. The van der Waals surface area contributed by atoms with E-state index in [1.807, 2.05) is 0 Å². The Morgan fingerprint density at radius 2 is 2.12 bits per heavy atom. The predicted octanol–water partition coefficient (Wildman–Crippen LogP) is 0.0704. The average Bonchev–Trinajstić information content (AvgIpc) is 2.92. The molecule has 136 valence electrons. The zero-order chi connectivity index (χ0) is 18.3. The van der Waals surface area contributed by atoms with E-state index in [9.17, 15) is 21.6 Å². The predicted molar refractivity (Wildman–Crippen MR) is 91.0 cm³/mol. The summed E-state index contributed by atoms with van der Waals surface area (Å²) in [5.74, 6) is -0.175. The van der Waals surface area contributed by atoms with Crippen LogP contribution in [0.3, 0.4) is 0 Å². The van der Waals surface area contributed by atoms with Crippen molar-refractivity contribution in [3.05, 3.63) is 11.6 Å². The lowest BCUT2D eigenvalue weighted by atomic mass is 10.0. The maximum atomic E-state index is 12.6.